The third-order valence-electron chi connectivity index (χ3n) is 3.61. The Morgan fingerprint density at radius 1 is 0.923 bits per heavy atom. The van der Waals surface area contributed by atoms with Crippen molar-refractivity contribution in [3.63, 3.8) is 0 Å². The highest BCUT2D eigenvalue weighted by molar-refractivity contribution is 7.92. The minimum Gasteiger partial charge on any atom is -0.462 e. The summed E-state index contributed by atoms with van der Waals surface area (Å²) in [5, 5.41) is 3.20. The first kappa shape index (κ1) is 19.8. The average molecular weight is 376 g/mol. The first-order chi connectivity index (χ1) is 12.4. The lowest BCUT2D eigenvalue weighted by Gasteiger charge is -2.10. The average Bonchev–Trinajstić information content (AvgIpc) is 2.62. The van der Waals surface area contributed by atoms with Crippen molar-refractivity contribution < 1.29 is 17.9 Å². The molecule has 0 aliphatic heterocycles. The van der Waals surface area contributed by atoms with Gasteiger partial charge in [0.25, 0.3) is 0 Å². The summed E-state index contributed by atoms with van der Waals surface area (Å²) in [6, 6.07) is 13.9. The second-order valence-corrected chi connectivity index (χ2v) is 7.62. The summed E-state index contributed by atoms with van der Waals surface area (Å²) in [5.74, 6) is -0.227. The Bertz CT molecular complexity index is 816. The summed E-state index contributed by atoms with van der Waals surface area (Å²) in [6.07, 6.45) is 1.47. The summed E-state index contributed by atoms with van der Waals surface area (Å²) in [4.78, 5) is 11.6. The van der Waals surface area contributed by atoms with E-state index in [-0.39, 0.29) is 11.7 Å². The maximum absolute atomic E-state index is 11.9. The molecule has 0 saturated heterocycles. The largest absolute Gasteiger partial charge is 0.462 e. The lowest BCUT2D eigenvalue weighted by atomic mass is 10.2. The third-order valence-corrected chi connectivity index (χ3v) is 4.98. The van der Waals surface area contributed by atoms with E-state index in [1.54, 1.807) is 55.5 Å². The number of hydrogen-bond acceptors (Lipinski definition) is 5. The third kappa shape index (κ3) is 6.07. The van der Waals surface area contributed by atoms with Gasteiger partial charge in [0.1, 0.15) is 0 Å². The first-order valence-electron chi connectivity index (χ1n) is 8.58. The van der Waals surface area contributed by atoms with Crippen LogP contribution in [0.15, 0.2) is 48.5 Å². The van der Waals surface area contributed by atoms with E-state index < -0.39 is 10.0 Å². The standard InChI is InChI=1S/C19H24N2O4S/c1-3-5-14-26(23,24)21-18-12-10-17(11-13-18)20-16-8-6-15(7-9-16)19(22)25-4-2/h6-13,20-21H,3-5,14H2,1-2H3. The maximum atomic E-state index is 11.9. The number of unbranched alkanes of at least 4 members (excludes halogenated alkanes) is 1. The van der Waals surface area contributed by atoms with Crippen LogP contribution < -0.4 is 10.0 Å². The molecule has 2 aromatic rings. The second kappa shape index (κ2) is 9.24. The smallest absolute Gasteiger partial charge is 0.338 e. The van der Waals surface area contributed by atoms with Gasteiger partial charge in [0.15, 0.2) is 0 Å². The van der Waals surface area contributed by atoms with Gasteiger partial charge in [-0.3, -0.25) is 4.72 Å². The molecule has 26 heavy (non-hydrogen) atoms. The van der Waals surface area contributed by atoms with Gasteiger partial charge in [-0.1, -0.05) is 13.3 Å². The molecular weight excluding hydrogens is 352 g/mol. The fourth-order valence-corrected chi connectivity index (χ4v) is 3.52. The number of esters is 1. The predicted octanol–water partition coefficient (Wildman–Crippen LogP) is 4.15. The van der Waals surface area contributed by atoms with Crippen molar-refractivity contribution in [1.29, 1.82) is 0 Å². The lowest BCUT2D eigenvalue weighted by molar-refractivity contribution is 0.0526. The van der Waals surface area contributed by atoms with Gasteiger partial charge in [0, 0.05) is 17.1 Å². The van der Waals surface area contributed by atoms with E-state index in [1.165, 1.54) is 0 Å². The molecule has 0 aliphatic rings. The van der Waals surface area contributed by atoms with Crippen LogP contribution in [0.2, 0.25) is 0 Å². The quantitative estimate of drug-likeness (QED) is 0.642. The molecule has 140 valence electrons. The molecule has 0 fully saturated rings. The van der Waals surface area contributed by atoms with Crippen LogP contribution in [0.4, 0.5) is 17.1 Å². The molecule has 0 unspecified atom stereocenters. The lowest BCUT2D eigenvalue weighted by Crippen LogP contribution is -2.16. The fraction of sp³-hybridized carbons (Fsp3) is 0.316. The van der Waals surface area contributed by atoms with Crippen LogP contribution in [-0.2, 0) is 14.8 Å². The molecule has 0 saturated carbocycles. The molecule has 0 amide bonds. The summed E-state index contributed by atoms with van der Waals surface area (Å²) in [7, 11) is -3.30. The molecule has 0 heterocycles. The molecular formula is C19H24N2O4S. The number of rotatable bonds is 9. The Labute approximate surface area is 154 Å². The van der Waals surface area contributed by atoms with E-state index >= 15 is 0 Å². The number of carbonyl (C=O) groups is 1. The van der Waals surface area contributed by atoms with Gasteiger partial charge in [0.2, 0.25) is 10.0 Å². The van der Waals surface area contributed by atoms with Gasteiger partial charge in [0.05, 0.1) is 17.9 Å². The molecule has 2 aromatic carbocycles. The van der Waals surface area contributed by atoms with Gasteiger partial charge < -0.3 is 10.1 Å². The van der Waals surface area contributed by atoms with Crippen molar-refractivity contribution in [3.8, 4) is 0 Å². The molecule has 0 atom stereocenters. The Balaban J connectivity index is 1.97. The van der Waals surface area contributed by atoms with E-state index in [0.717, 1.165) is 17.8 Å². The molecule has 0 aromatic heterocycles. The van der Waals surface area contributed by atoms with E-state index in [9.17, 15) is 13.2 Å². The summed E-state index contributed by atoms with van der Waals surface area (Å²) >= 11 is 0. The van der Waals surface area contributed by atoms with Crippen molar-refractivity contribution in [3.05, 3.63) is 54.1 Å². The number of sulfonamides is 1. The molecule has 0 radical (unpaired) electrons. The SMILES string of the molecule is CCCCS(=O)(=O)Nc1ccc(Nc2ccc(C(=O)OCC)cc2)cc1. The normalized spacial score (nSPS) is 11.0. The summed E-state index contributed by atoms with van der Waals surface area (Å²) in [5.41, 5.74) is 2.65. The molecule has 2 rings (SSSR count). The number of nitrogens with one attached hydrogen (secondary N) is 2. The van der Waals surface area contributed by atoms with E-state index in [0.29, 0.717) is 24.3 Å². The maximum Gasteiger partial charge on any atom is 0.338 e. The van der Waals surface area contributed by atoms with Crippen molar-refractivity contribution in [2.75, 3.05) is 22.4 Å². The molecule has 2 N–H and O–H groups in total. The van der Waals surface area contributed by atoms with Crippen LogP contribution in [0.1, 0.15) is 37.0 Å². The van der Waals surface area contributed by atoms with Crippen LogP contribution in [0.3, 0.4) is 0 Å². The van der Waals surface area contributed by atoms with Gasteiger partial charge in [-0.15, -0.1) is 0 Å². The van der Waals surface area contributed by atoms with Gasteiger partial charge in [-0.2, -0.15) is 0 Å². The zero-order valence-corrected chi connectivity index (χ0v) is 15.8. The minimum atomic E-state index is -3.30. The summed E-state index contributed by atoms with van der Waals surface area (Å²) in [6.45, 7) is 4.06. The monoisotopic (exact) mass is 376 g/mol. The first-order valence-corrected chi connectivity index (χ1v) is 10.2. The van der Waals surface area contributed by atoms with Crippen LogP contribution in [-0.4, -0.2) is 26.7 Å². The highest BCUT2D eigenvalue weighted by Crippen LogP contribution is 2.20. The number of carbonyl (C=O) groups excluding carboxylic acids is 1. The van der Waals surface area contributed by atoms with Crippen LogP contribution in [0.25, 0.3) is 0 Å². The Kier molecular flexibility index (Phi) is 7.03. The minimum absolute atomic E-state index is 0.121. The second-order valence-electron chi connectivity index (χ2n) is 5.77. The number of anilines is 3. The number of hydrogen-bond donors (Lipinski definition) is 2. The molecule has 6 nitrogen and oxygen atoms in total. The Morgan fingerprint density at radius 3 is 2.00 bits per heavy atom. The molecule has 7 heteroatoms. The van der Waals surface area contributed by atoms with Crippen LogP contribution in [0, 0.1) is 0 Å². The van der Waals surface area contributed by atoms with Crippen molar-refractivity contribution in [2.45, 2.75) is 26.7 Å². The summed E-state index contributed by atoms with van der Waals surface area (Å²) < 4.78 is 31.3. The zero-order valence-electron chi connectivity index (χ0n) is 15.0. The number of benzene rings is 2. The number of ether oxygens (including phenoxy) is 1. The Hall–Kier alpha value is -2.54. The van der Waals surface area contributed by atoms with Gasteiger partial charge >= 0.3 is 5.97 Å². The van der Waals surface area contributed by atoms with Gasteiger partial charge in [-0.05, 0) is 61.9 Å². The van der Waals surface area contributed by atoms with E-state index in [4.69, 9.17) is 4.74 Å². The highest BCUT2D eigenvalue weighted by atomic mass is 32.2. The van der Waals surface area contributed by atoms with E-state index in [1.807, 2.05) is 6.92 Å². The van der Waals surface area contributed by atoms with Crippen LogP contribution >= 0.6 is 0 Å². The fourth-order valence-electron chi connectivity index (χ4n) is 2.26. The molecule has 0 spiro atoms. The molecule has 0 bridgehead atoms. The van der Waals surface area contributed by atoms with Crippen molar-refractivity contribution in [2.24, 2.45) is 0 Å². The highest BCUT2D eigenvalue weighted by Gasteiger charge is 2.09. The van der Waals surface area contributed by atoms with E-state index in [2.05, 4.69) is 10.0 Å². The zero-order chi connectivity index (χ0) is 19.0. The topological polar surface area (TPSA) is 84.5 Å². The van der Waals surface area contributed by atoms with Crippen LogP contribution in [0.5, 0.6) is 0 Å². The predicted molar refractivity (Wildman–Crippen MR) is 104 cm³/mol. The van der Waals surface area contributed by atoms with Crippen molar-refractivity contribution in [1.82, 2.24) is 0 Å². The van der Waals surface area contributed by atoms with Gasteiger partial charge in [-0.25, -0.2) is 13.2 Å². The molecule has 0 aliphatic carbocycles. The van der Waals surface area contributed by atoms with Crippen molar-refractivity contribution >= 4 is 33.1 Å². The Morgan fingerprint density at radius 2 is 1.46 bits per heavy atom.